The number of fused-ring (bicyclic) bond motifs is 1. The molecule has 6 nitrogen and oxygen atoms in total. The maximum absolute atomic E-state index is 13.1. The van der Waals surface area contributed by atoms with Gasteiger partial charge in [-0.15, -0.1) is 0 Å². The third kappa shape index (κ3) is 4.32. The fourth-order valence-corrected chi connectivity index (χ4v) is 4.48. The van der Waals surface area contributed by atoms with Gasteiger partial charge in [-0.05, 0) is 56.2 Å². The zero-order valence-corrected chi connectivity index (χ0v) is 19.2. The van der Waals surface area contributed by atoms with Crippen molar-refractivity contribution in [3.05, 3.63) is 82.4 Å². The second-order valence-corrected chi connectivity index (χ2v) is 8.82. The molecule has 0 aromatic heterocycles. The van der Waals surface area contributed by atoms with Crippen LogP contribution < -0.4 is 0 Å². The molecule has 170 valence electrons. The molecular weight excluding hydrogens is 440 g/mol. The Kier molecular flexibility index (Phi) is 6.40. The normalized spacial score (nSPS) is 17.9. The van der Waals surface area contributed by atoms with E-state index >= 15 is 0 Å². The average Bonchev–Trinajstić information content (AvgIpc) is 3.04. The van der Waals surface area contributed by atoms with Crippen LogP contribution in [0.1, 0.15) is 23.6 Å². The number of carbonyl (C=O) groups is 2. The number of aromatic hydroxyl groups is 1. The standard InChI is InChI=1S/C26H25ClN2O4/c1-28(2)13-6-14-29-22(17-8-5-9-18(27)15-17)21(25(32)26(29)33)24(31)20-12-11-16-7-3-4-10-19(16)23(20)30/h3-5,7-12,15,22,30-31H,6,13-14H2,1-2H3/t22-/m1/s1. The maximum atomic E-state index is 13.1. The minimum Gasteiger partial charge on any atom is -0.507 e. The summed E-state index contributed by atoms with van der Waals surface area (Å²) in [6, 6.07) is 16.6. The molecule has 0 unspecified atom stereocenters. The molecule has 7 heteroatoms. The van der Waals surface area contributed by atoms with Crippen molar-refractivity contribution in [3.63, 3.8) is 0 Å². The first-order valence-corrected chi connectivity index (χ1v) is 11.1. The SMILES string of the molecule is CN(C)CCCN1C(=O)C(=O)C(=C(O)c2ccc3ccccc3c2O)[C@H]1c1cccc(Cl)c1. The number of hydrogen-bond donors (Lipinski definition) is 2. The summed E-state index contributed by atoms with van der Waals surface area (Å²) in [6.07, 6.45) is 0.651. The second-order valence-electron chi connectivity index (χ2n) is 8.39. The molecule has 1 atom stereocenters. The lowest BCUT2D eigenvalue weighted by Crippen LogP contribution is -2.32. The summed E-state index contributed by atoms with van der Waals surface area (Å²) in [7, 11) is 3.87. The molecule has 1 aliphatic rings. The van der Waals surface area contributed by atoms with Crippen molar-refractivity contribution in [2.24, 2.45) is 0 Å². The van der Waals surface area contributed by atoms with E-state index in [1.54, 1.807) is 48.5 Å². The van der Waals surface area contributed by atoms with Gasteiger partial charge >= 0.3 is 0 Å². The lowest BCUT2D eigenvalue weighted by atomic mass is 9.94. The lowest BCUT2D eigenvalue weighted by Gasteiger charge is -2.26. The van der Waals surface area contributed by atoms with Gasteiger partial charge in [-0.2, -0.15) is 0 Å². The number of ketones is 1. The Bertz CT molecular complexity index is 1270. The number of amides is 1. The number of benzene rings is 3. The first-order valence-electron chi connectivity index (χ1n) is 10.7. The molecule has 0 saturated carbocycles. The molecule has 33 heavy (non-hydrogen) atoms. The molecular formula is C26H25ClN2O4. The summed E-state index contributed by atoms with van der Waals surface area (Å²) in [6.45, 7) is 1.07. The van der Waals surface area contributed by atoms with Crippen molar-refractivity contribution in [1.82, 2.24) is 9.80 Å². The maximum Gasteiger partial charge on any atom is 0.295 e. The zero-order chi connectivity index (χ0) is 23.7. The third-order valence-corrected chi connectivity index (χ3v) is 6.10. The molecule has 3 aromatic rings. The van der Waals surface area contributed by atoms with Crippen LogP contribution in [0, 0.1) is 0 Å². The monoisotopic (exact) mass is 464 g/mol. The minimum absolute atomic E-state index is 0.0577. The van der Waals surface area contributed by atoms with Crippen molar-refractivity contribution in [3.8, 4) is 5.75 Å². The van der Waals surface area contributed by atoms with Gasteiger partial charge in [0.25, 0.3) is 11.7 Å². The lowest BCUT2D eigenvalue weighted by molar-refractivity contribution is -0.139. The number of phenolic OH excluding ortho intramolecular Hbond substituents is 1. The predicted molar refractivity (Wildman–Crippen MR) is 129 cm³/mol. The molecule has 0 radical (unpaired) electrons. The Labute approximate surface area is 197 Å². The van der Waals surface area contributed by atoms with Gasteiger partial charge in [-0.3, -0.25) is 9.59 Å². The molecule has 1 aliphatic heterocycles. The number of Topliss-reactive ketones (excluding diaryl/α,β-unsaturated/α-hetero) is 1. The van der Waals surface area contributed by atoms with E-state index in [0.29, 0.717) is 28.9 Å². The Morgan fingerprint density at radius 1 is 1.06 bits per heavy atom. The van der Waals surface area contributed by atoms with Crippen LogP contribution in [-0.4, -0.2) is 58.9 Å². The van der Waals surface area contributed by atoms with Crippen molar-refractivity contribution in [2.75, 3.05) is 27.2 Å². The molecule has 1 heterocycles. The zero-order valence-electron chi connectivity index (χ0n) is 18.5. The van der Waals surface area contributed by atoms with Gasteiger partial charge in [0.05, 0.1) is 17.2 Å². The van der Waals surface area contributed by atoms with Gasteiger partial charge in [-0.1, -0.05) is 54.1 Å². The molecule has 1 saturated heterocycles. The van der Waals surface area contributed by atoms with Crippen LogP contribution in [0.25, 0.3) is 16.5 Å². The van der Waals surface area contributed by atoms with E-state index in [-0.39, 0.29) is 16.9 Å². The number of aliphatic hydroxyl groups excluding tert-OH is 1. The summed E-state index contributed by atoms with van der Waals surface area (Å²) in [5, 5.41) is 23.9. The van der Waals surface area contributed by atoms with Crippen LogP contribution in [0.5, 0.6) is 5.75 Å². The summed E-state index contributed by atoms with van der Waals surface area (Å²) in [5.41, 5.74) is 0.665. The van der Waals surface area contributed by atoms with Crippen LogP contribution in [0.4, 0.5) is 0 Å². The molecule has 2 N–H and O–H groups in total. The number of carbonyl (C=O) groups excluding carboxylic acids is 2. The predicted octanol–water partition coefficient (Wildman–Crippen LogP) is 4.57. The number of hydrogen-bond acceptors (Lipinski definition) is 5. The topological polar surface area (TPSA) is 81.1 Å². The Morgan fingerprint density at radius 2 is 1.82 bits per heavy atom. The number of phenols is 1. The largest absolute Gasteiger partial charge is 0.507 e. The number of halogens is 1. The highest BCUT2D eigenvalue weighted by atomic mass is 35.5. The Balaban J connectivity index is 1.87. The summed E-state index contributed by atoms with van der Waals surface area (Å²) in [4.78, 5) is 29.6. The number of aliphatic hydroxyl groups is 1. The molecule has 1 fully saturated rings. The van der Waals surface area contributed by atoms with Gasteiger partial charge < -0.3 is 20.0 Å². The van der Waals surface area contributed by atoms with Gasteiger partial charge in [0.1, 0.15) is 11.5 Å². The molecule has 0 aliphatic carbocycles. The molecule has 1 amide bonds. The summed E-state index contributed by atoms with van der Waals surface area (Å²) >= 11 is 6.21. The van der Waals surface area contributed by atoms with Gasteiger partial charge in [-0.25, -0.2) is 0 Å². The van der Waals surface area contributed by atoms with Crippen molar-refractivity contribution >= 4 is 39.8 Å². The number of rotatable bonds is 6. The highest BCUT2D eigenvalue weighted by molar-refractivity contribution is 6.46. The van der Waals surface area contributed by atoms with Crippen LogP contribution in [0.3, 0.4) is 0 Å². The smallest absolute Gasteiger partial charge is 0.295 e. The summed E-state index contributed by atoms with van der Waals surface area (Å²) < 4.78 is 0. The van der Waals surface area contributed by atoms with Crippen LogP contribution in [0.15, 0.2) is 66.2 Å². The van der Waals surface area contributed by atoms with E-state index < -0.39 is 23.5 Å². The van der Waals surface area contributed by atoms with Crippen LogP contribution in [-0.2, 0) is 9.59 Å². The van der Waals surface area contributed by atoms with Crippen molar-refractivity contribution < 1.29 is 19.8 Å². The van der Waals surface area contributed by atoms with E-state index in [1.807, 2.05) is 31.1 Å². The fraction of sp³-hybridized carbons (Fsp3) is 0.231. The second kappa shape index (κ2) is 9.25. The fourth-order valence-electron chi connectivity index (χ4n) is 4.28. The van der Waals surface area contributed by atoms with Gasteiger partial charge in [0.2, 0.25) is 0 Å². The molecule has 0 spiro atoms. The van der Waals surface area contributed by atoms with E-state index in [4.69, 9.17) is 11.6 Å². The quantitative estimate of drug-likeness (QED) is 0.317. The number of nitrogens with zero attached hydrogens (tertiary/aromatic N) is 2. The third-order valence-electron chi connectivity index (χ3n) is 5.86. The molecule has 3 aromatic carbocycles. The van der Waals surface area contributed by atoms with E-state index in [0.717, 1.165) is 11.9 Å². The molecule has 4 rings (SSSR count). The van der Waals surface area contributed by atoms with E-state index in [2.05, 4.69) is 0 Å². The highest BCUT2D eigenvalue weighted by Crippen LogP contribution is 2.42. The van der Waals surface area contributed by atoms with Crippen LogP contribution >= 0.6 is 11.6 Å². The van der Waals surface area contributed by atoms with Crippen LogP contribution in [0.2, 0.25) is 5.02 Å². The highest BCUT2D eigenvalue weighted by Gasteiger charge is 2.46. The Hall–Kier alpha value is -3.35. The van der Waals surface area contributed by atoms with Crippen molar-refractivity contribution in [2.45, 2.75) is 12.5 Å². The van der Waals surface area contributed by atoms with Gasteiger partial charge in [0.15, 0.2) is 0 Å². The summed E-state index contributed by atoms with van der Waals surface area (Å²) in [5.74, 6) is -2.01. The first kappa shape index (κ1) is 22.8. The number of likely N-dealkylation sites (tertiary alicyclic amines) is 1. The van der Waals surface area contributed by atoms with Crippen molar-refractivity contribution in [1.29, 1.82) is 0 Å². The minimum atomic E-state index is -0.809. The molecule has 0 bridgehead atoms. The van der Waals surface area contributed by atoms with E-state index in [9.17, 15) is 19.8 Å². The van der Waals surface area contributed by atoms with E-state index in [1.165, 1.54) is 4.90 Å². The van der Waals surface area contributed by atoms with Gasteiger partial charge in [0, 0.05) is 17.0 Å². The Morgan fingerprint density at radius 3 is 2.55 bits per heavy atom. The first-order chi connectivity index (χ1) is 15.8. The average molecular weight is 465 g/mol.